The highest BCUT2D eigenvalue weighted by Crippen LogP contribution is 2.15. The minimum Gasteiger partial charge on any atom is -0.494 e. The molecule has 0 aliphatic heterocycles. The first-order valence-electron chi connectivity index (χ1n) is 6.69. The summed E-state index contributed by atoms with van der Waals surface area (Å²) >= 11 is 0. The van der Waals surface area contributed by atoms with Crippen LogP contribution in [0.5, 0.6) is 5.75 Å². The standard InChI is InChI=1S/C16H15FN2O3/c1-2-22-14-8-6-12(7-9-14)18-15(20)16(21)19-13-5-3-4-11(17)10-13/h3-10H,2H2,1H3,(H,18,20)(H,19,21). The molecule has 5 nitrogen and oxygen atoms in total. The summed E-state index contributed by atoms with van der Waals surface area (Å²) in [6.45, 7) is 2.41. The maximum atomic E-state index is 13.0. The van der Waals surface area contributed by atoms with Gasteiger partial charge in [-0.3, -0.25) is 9.59 Å². The van der Waals surface area contributed by atoms with Crippen LogP contribution in [-0.2, 0) is 9.59 Å². The predicted octanol–water partition coefficient (Wildman–Crippen LogP) is 2.80. The molecule has 2 aromatic rings. The van der Waals surface area contributed by atoms with E-state index in [0.717, 1.165) is 6.07 Å². The Morgan fingerprint density at radius 1 is 1.00 bits per heavy atom. The van der Waals surface area contributed by atoms with E-state index in [2.05, 4.69) is 10.6 Å². The number of ether oxygens (including phenoxy) is 1. The van der Waals surface area contributed by atoms with Crippen molar-refractivity contribution in [2.24, 2.45) is 0 Å². The Balaban J connectivity index is 1.95. The molecule has 0 fully saturated rings. The van der Waals surface area contributed by atoms with Crippen LogP contribution in [0.3, 0.4) is 0 Å². The average molecular weight is 302 g/mol. The summed E-state index contributed by atoms with van der Waals surface area (Å²) in [6, 6.07) is 11.9. The Bertz CT molecular complexity index is 671. The first kappa shape index (κ1) is 15.5. The van der Waals surface area contributed by atoms with E-state index in [1.807, 2.05) is 6.92 Å². The molecule has 0 atom stereocenters. The molecule has 0 saturated heterocycles. The molecule has 0 radical (unpaired) electrons. The minimum atomic E-state index is -0.875. The first-order valence-corrected chi connectivity index (χ1v) is 6.69. The van der Waals surface area contributed by atoms with Crippen molar-refractivity contribution in [3.05, 3.63) is 54.3 Å². The van der Waals surface area contributed by atoms with Gasteiger partial charge < -0.3 is 15.4 Å². The van der Waals surface area contributed by atoms with E-state index in [0.29, 0.717) is 18.0 Å². The zero-order valence-corrected chi connectivity index (χ0v) is 11.9. The van der Waals surface area contributed by atoms with Crippen molar-refractivity contribution in [1.82, 2.24) is 0 Å². The van der Waals surface area contributed by atoms with Gasteiger partial charge in [-0.2, -0.15) is 0 Å². The lowest BCUT2D eigenvalue weighted by molar-refractivity contribution is -0.133. The number of hydrogen-bond acceptors (Lipinski definition) is 3. The molecule has 2 N–H and O–H groups in total. The van der Waals surface area contributed by atoms with Gasteiger partial charge in [0.25, 0.3) is 0 Å². The number of hydrogen-bond donors (Lipinski definition) is 2. The van der Waals surface area contributed by atoms with Gasteiger partial charge in [0.2, 0.25) is 0 Å². The molecule has 2 rings (SSSR count). The van der Waals surface area contributed by atoms with E-state index in [-0.39, 0.29) is 5.69 Å². The summed E-state index contributed by atoms with van der Waals surface area (Å²) in [7, 11) is 0. The van der Waals surface area contributed by atoms with Crippen LogP contribution in [0.15, 0.2) is 48.5 Å². The number of halogens is 1. The van der Waals surface area contributed by atoms with Gasteiger partial charge in [0.05, 0.1) is 6.61 Å². The molecule has 2 amide bonds. The molecule has 114 valence electrons. The maximum absolute atomic E-state index is 13.0. The van der Waals surface area contributed by atoms with Crippen LogP contribution in [0.2, 0.25) is 0 Å². The number of amides is 2. The first-order chi connectivity index (χ1) is 10.6. The van der Waals surface area contributed by atoms with Crippen LogP contribution < -0.4 is 15.4 Å². The molecule has 0 aliphatic rings. The lowest BCUT2D eigenvalue weighted by Crippen LogP contribution is -2.29. The Morgan fingerprint density at radius 2 is 1.64 bits per heavy atom. The van der Waals surface area contributed by atoms with Crippen LogP contribution in [0, 0.1) is 5.82 Å². The van der Waals surface area contributed by atoms with Gasteiger partial charge in [-0.15, -0.1) is 0 Å². The molecule has 0 spiro atoms. The van der Waals surface area contributed by atoms with Crippen molar-refractivity contribution >= 4 is 23.2 Å². The highest BCUT2D eigenvalue weighted by molar-refractivity contribution is 6.43. The monoisotopic (exact) mass is 302 g/mol. The molecule has 0 aliphatic carbocycles. The summed E-state index contributed by atoms with van der Waals surface area (Å²) in [4.78, 5) is 23.5. The third-order valence-corrected chi connectivity index (χ3v) is 2.71. The molecule has 0 saturated carbocycles. The van der Waals surface area contributed by atoms with Gasteiger partial charge in [0.1, 0.15) is 11.6 Å². The van der Waals surface area contributed by atoms with Crippen LogP contribution >= 0.6 is 0 Å². The second kappa shape index (κ2) is 7.21. The van der Waals surface area contributed by atoms with E-state index in [4.69, 9.17) is 4.74 Å². The Labute approximate surface area is 127 Å². The third-order valence-electron chi connectivity index (χ3n) is 2.71. The summed E-state index contributed by atoms with van der Waals surface area (Å²) in [5.74, 6) is -1.54. The van der Waals surface area contributed by atoms with Crippen LogP contribution in [0.4, 0.5) is 15.8 Å². The van der Waals surface area contributed by atoms with Crippen molar-refractivity contribution < 1.29 is 18.7 Å². The summed E-state index contributed by atoms with van der Waals surface area (Å²) in [5, 5.41) is 4.76. The molecule has 0 heterocycles. The lowest BCUT2D eigenvalue weighted by Gasteiger charge is -2.08. The van der Waals surface area contributed by atoms with Crippen LogP contribution in [0.25, 0.3) is 0 Å². The topological polar surface area (TPSA) is 67.4 Å². The third kappa shape index (κ3) is 4.31. The van der Waals surface area contributed by atoms with Crippen molar-refractivity contribution in [2.45, 2.75) is 6.92 Å². The van der Waals surface area contributed by atoms with Crippen molar-refractivity contribution in [3.63, 3.8) is 0 Å². The number of nitrogens with one attached hydrogen (secondary N) is 2. The quantitative estimate of drug-likeness (QED) is 0.853. The van der Waals surface area contributed by atoms with E-state index in [1.165, 1.54) is 18.2 Å². The molecule has 0 bridgehead atoms. The largest absolute Gasteiger partial charge is 0.494 e. The zero-order valence-electron chi connectivity index (χ0n) is 11.9. The van der Waals surface area contributed by atoms with Gasteiger partial charge >= 0.3 is 11.8 Å². The second-order valence-electron chi connectivity index (χ2n) is 4.38. The highest BCUT2D eigenvalue weighted by Gasteiger charge is 2.14. The fourth-order valence-corrected chi connectivity index (χ4v) is 1.74. The number of carbonyl (C=O) groups excluding carboxylic acids is 2. The normalized spacial score (nSPS) is 9.91. The fourth-order valence-electron chi connectivity index (χ4n) is 1.74. The number of anilines is 2. The SMILES string of the molecule is CCOc1ccc(NC(=O)C(=O)Nc2cccc(F)c2)cc1. The smallest absolute Gasteiger partial charge is 0.314 e. The van der Waals surface area contributed by atoms with Crippen molar-refractivity contribution in [1.29, 1.82) is 0 Å². The van der Waals surface area contributed by atoms with Gasteiger partial charge in [-0.25, -0.2) is 4.39 Å². The number of rotatable bonds is 4. The number of carbonyl (C=O) groups is 2. The second-order valence-corrected chi connectivity index (χ2v) is 4.38. The minimum absolute atomic E-state index is 0.215. The zero-order chi connectivity index (χ0) is 15.9. The highest BCUT2D eigenvalue weighted by atomic mass is 19.1. The van der Waals surface area contributed by atoms with Crippen molar-refractivity contribution in [3.8, 4) is 5.75 Å². The molecular weight excluding hydrogens is 287 g/mol. The Hall–Kier alpha value is -2.89. The van der Waals surface area contributed by atoms with Crippen molar-refractivity contribution in [2.75, 3.05) is 17.2 Å². The molecule has 6 heteroatoms. The Morgan fingerprint density at radius 3 is 2.23 bits per heavy atom. The molecule has 0 aromatic heterocycles. The van der Waals surface area contributed by atoms with Gasteiger partial charge in [0.15, 0.2) is 0 Å². The van der Waals surface area contributed by atoms with E-state index in [9.17, 15) is 14.0 Å². The van der Waals surface area contributed by atoms with Gasteiger partial charge in [-0.05, 0) is 49.4 Å². The van der Waals surface area contributed by atoms with Gasteiger partial charge in [-0.1, -0.05) is 6.07 Å². The van der Waals surface area contributed by atoms with Crippen LogP contribution in [-0.4, -0.2) is 18.4 Å². The molecular formula is C16H15FN2O3. The van der Waals surface area contributed by atoms with Gasteiger partial charge in [0, 0.05) is 11.4 Å². The predicted molar refractivity (Wildman–Crippen MR) is 81.3 cm³/mol. The molecule has 2 aromatic carbocycles. The maximum Gasteiger partial charge on any atom is 0.314 e. The average Bonchev–Trinajstić information content (AvgIpc) is 2.49. The lowest BCUT2D eigenvalue weighted by atomic mass is 10.3. The number of benzene rings is 2. The van der Waals surface area contributed by atoms with Crippen LogP contribution in [0.1, 0.15) is 6.92 Å². The molecule has 22 heavy (non-hydrogen) atoms. The van der Waals surface area contributed by atoms with E-state index >= 15 is 0 Å². The summed E-state index contributed by atoms with van der Waals surface area (Å²) < 4.78 is 18.3. The van der Waals surface area contributed by atoms with E-state index < -0.39 is 17.6 Å². The fraction of sp³-hybridized carbons (Fsp3) is 0.125. The molecule has 0 unspecified atom stereocenters. The summed E-state index contributed by atoms with van der Waals surface area (Å²) in [5.41, 5.74) is 0.676. The van der Waals surface area contributed by atoms with E-state index in [1.54, 1.807) is 24.3 Å². The summed E-state index contributed by atoms with van der Waals surface area (Å²) in [6.07, 6.45) is 0. The Kier molecular flexibility index (Phi) is 5.08.